The number of hydrogen-bond donors (Lipinski definition) is 4. The molecule has 0 aromatic heterocycles. The fourth-order valence-electron chi connectivity index (χ4n) is 12.9. The van der Waals surface area contributed by atoms with Crippen molar-refractivity contribution in [2.75, 3.05) is 52.7 Å². The van der Waals surface area contributed by atoms with Gasteiger partial charge in [-0.15, -0.1) is 11.8 Å². The Hall–Kier alpha value is -5.79. The minimum Gasteiger partial charge on any atom is -0.507 e. The van der Waals surface area contributed by atoms with Gasteiger partial charge in [0.2, 0.25) is 6.79 Å². The molecule has 4 saturated heterocycles. The van der Waals surface area contributed by atoms with E-state index in [1.807, 2.05) is 25.7 Å². The number of methoxy groups -OCH3 is 2. The number of aromatic hydroxyl groups is 1. The summed E-state index contributed by atoms with van der Waals surface area (Å²) in [7, 11) is 5.02. The van der Waals surface area contributed by atoms with E-state index in [2.05, 4.69) is 37.9 Å². The van der Waals surface area contributed by atoms with Gasteiger partial charge in [-0.25, -0.2) is 14.4 Å². The standard InChI is InChI=1S/C53H62N6O13S2/c1-24-15-27-16-30-31(19-54)59-32-20-67-49(62)53(28-18-33(65-7)34(17-26(28)13-14-55-53)70-51(64)72-52(3,4)5)22-74-48(39-38(32)46-45(68-23-69-46)25(2)43(39)61)42(59)41(58(30)6)37(27)47(44(24)66-8)71-36(60)12-10-9-11-35-40-29(21-73-35)56-50(63)57-40/h15,17-18,29-32,35,40-42,48,55,61H,9-14,16,20-23H2,1-8H3,(H2,56,57,63)/t29?,30-,31-,32-,35?,40?,41-,42?,48+,53+/m0/s1. The number of rotatable bonds is 9. The van der Waals surface area contributed by atoms with Crippen molar-refractivity contribution in [1.82, 2.24) is 25.8 Å². The molecule has 21 heteroatoms. The highest BCUT2D eigenvalue weighted by molar-refractivity contribution is 8.00. The van der Waals surface area contributed by atoms with E-state index in [9.17, 15) is 24.8 Å². The molecule has 4 N–H and O–H groups in total. The molecule has 10 atom stereocenters. The number of fused-ring (bicyclic) bond motifs is 10. The van der Waals surface area contributed by atoms with Crippen LogP contribution < -0.4 is 44.4 Å². The summed E-state index contributed by atoms with van der Waals surface area (Å²) in [5.74, 6) is 1.89. The third-order valence-electron chi connectivity index (χ3n) is 16.0. The van der Waals surface area contributed by atoms with Crippen LogP contribution in [0.3, 0.4) is 0 Å². The number of aryl methyl sites for hydroxylation is 1. The fourth-order valence-corrected chi connectivity index (χ4v) is 16.1. The van der Waals surface area contributed by atoms with E-state index in [1.165, 1.54) is 18.9 Å². The Labute approximate surface area is 437 Å². The molecular formula is C53H62N6O13S2. The molecule has 394 valence electrons. The highest BCUT2D eigenvalue weighted by atomic mass is 32.2. The second-order valence-corrected chi connectivity index (χ2v) is 23.8. The molecule has 0 aliphatic carbocycles. The highest BCUT2D eigenvalue weighted by Crippen LogP contribution is 2.64. The summed E-state index contributed by atoms with van der Waals surface area (Å²) < 4.78 is 48.5. The third kappa shape index (κ3) is 8.21. The molecule has 9 aliphatic rings. The highest BCUT2D eigenvalue weighted by Gasteiger charge is 2.62. The zero-order valence-corrected chi connectivity index (χ0v) is 44.3. The maximum Gasteiger partial charge on any atom is 0.514 e. The van der Waals surface area contributed by atoms with Crippen molar-refractivity contribution in [2.24, 2.45) is 0 Å². The van der Waals surface area contributed by atoms with E-state index < -0.39 is 58.7 Å². The van der Waals surface area contributed by atoms with Gasteiger partial charge in [-0.3, -0.25) is 19.9 Å². The summed E-state index contributed by atoms with van der Waals surface area (Å²) in [5, 5.41) is 33.2. The number of hydrogen-bond acceptors (Lipinski definition) is 19. The Morgan fingerprint density at radius 1 is 0.959 bits per heavy atom. The number of phenolic OH excluding ortho intramolecular Hbond substituents is 1. The van der Waals surface area contributed by atoms with Crippen LogP contribution in [0.25, 0.3) is 0 Å². The molecule has 1 spiro atoms. The van der Waals surface area contributed by atoms with Crippen molar-refractivity contribution in [1.29, 1.82) is 5.26 Å². The van der Waals surface area contributed by atoms with E-state index in [0.29, 0.717) is 71.1 Å². The fraction of sp³-hybridized carbons (Fsp3) is 0.566. The van der Waals surface area contributed by atoms with Gasteiger partial charge in [-0.2, -0.15) is 17.0 Å². The number of ether oxygens (including phenoxy) is 8. The summed E-state index contributed by atoms with van der Waals surface area (Å²) in [6.07, 6.45) is 2.38. The average Bonchev–Trinajstić information content (AvgIpc) is 4.10. The summed E-state index contributed by atoms with van der Waals surface area (Å²) in [6.45, 7) is 8.99. The minimum absolute atomic E-state index is 0.00973. The summed E-state index contributed by atoms with van der Waals surface area (Å²) >= 11 is 3.29. The van der Waals surface area contributed by atoms with Crippen LogP contribution in [0.2, 0.25) is 0 Å². The number of carbonyl (C=O) groups is 4. The molecule has 4 unspecified atom stereocenters. The van der Waals surface area contributed by atoms with Gasteiger partial charge in [-0.05, 0) is 102 Å². The lowest BCUT2D eigenvalue weighted by Gasteiger charge is -2.62. The van der Waals surface area contributed by atoms with Gasteiger partial charge in [0.25, 0.3) is 0 Å². The molecule has 0 radical (unpaired) electrons. The van der Waals surface area contributed by atoms with E-state index >= 15 is 4.79 Å². The molecule has 3 aromatic carbocycles. The van der Waals surface area contributed by atoms with E-state index in [4.69, 9.17) is 37.9 Å². The number of piperazine rings is 1. The quantitative estimate of drug-likeness (QED) is 0.0606. The number of amides is 2. The van der Waals surface area contributed by atoms with Crippen LogP contribution >= 0.6 is 23.5 Å². The zero-order valence-electron chi connectivity index (χ0n) is 42.7. The molecule has 9 heterocycles. The lowest BCUT2D eigenvalue weighted by molar-refractivity contribution is -0.157. The smallest absolute Gasteiger partial charge is 0.507 e. The first-order chi connectivity index (χ1) is 35.5. The Morgan fingerprint density at radius 3 is 2.51 bits per heavy atom. The first-order valence-corrected chi connectivity index (χ1v) is 27.4. The maximum atomic E-state index is 15.2. The summed E-state index contributed by atoms with van der Waals surface area (Å²) in [5.41, 5.74) is 3.15. The summed E-state index contributed by atoms with van der Waals surface area (Å²) in [4.78, 5) is 58.7. The van der Waals surface area contributed by atoms with Crippen molar-refractivity contribution in [3.8, 4) is 46.3 Å². The SMILES string of the molecule is COc1cc2c(cc1OC(=O)OC(C)(C)C)CCN[C@]21CS[C@@H]2c3c(O)c(C)c4c(c3[C@H](COC1=O)N1C2[C@@H]2c3c(cc(C)c(OC)c3OC(=O)CCCCC3SCC5NC(=O)NC53)C[C@@H]([C@@H]1C#N)N2C)OCO4. The number of likely N-dealkylation sites (N-methyl/N-ethyl adjacent to an activating group) is 1. The topological polar surface area (TPSA) is 229 Å². The van der Waals surface area contributed by atoms with Crippen molar-refractivity contribution >= 4 is 47.6 Å². The number of carbonyl (C=O) groups excluding carboxylic acids is 4. The van der Waals surface area contributed by atoms with Crippen LogP contribution in [-0.2, 0) is 37.4 Å². The predicted octanol–water partition coefficient (Wildman–Crippen LogP) is 6.30. The van der Waals surface area contributed by atoms with E-state index in [1.54, 1.807) is 46.9 Å². The van der Waals surface area contributed by atoms with Crippen molar-refractivity contribution < 1.29 is 62.2 Å². The Kier molecular flexibility index (Phi) is 13.0. The number of phenols is 1. The molecule has 0 saturated carbocycles. The van der Waals surface area contributed by atoms with Gasteiger partial charge >= 0.3 is 24.1 Å². The number of thioether (sulfide) groups is 2. The maximum absolute atomic E-state index is 15.2. The molecule has 19 nitrogen and oxygen atoms in total. The van der Waals surface area contributed by atoms with Crippen molar-refractivity contribution in [3.63, 3.8) is 0 Å². The molecule has 74 heavy (non-hydrogen) atoms. The molecule has 9 aliphatic heterocycles. The molecule has 2 amide bonds. The van der Waals surface area contributed by atoms with Gasteiger partial charge in [0, 0.05) is 64.1 Å². The number of esters is 2. The molecule has 4 bridgehead atoms. The van der Waals surface area contributed by atoms with E-state index in [-0.39, 0.29) is 72.2 Å². The van der Waals surface area contributed by atoms with Gasteiger partial charge in [-0.1, -0.05) is 12.5 Å². The number of nitriles is 1. The lowest BCUT2D eigenvalue weighted by atomic mass is 9.71. The molecule has 12 rings (SSSR count). The zero-order chi connectivity index (χ0) is 52.1. The molecule has 3 aromatic rings. The first-order valence-electron chi connectivity index (χ1n) is 25.3. The first kappa shape index (κ1) is 50.4. The number of nitrogens with zero attached hydrogens (tertiary/aromatic N) is 3. The van der Waals surface area contributed by atoms with Crippen LogP contribution in [0.15, 0.2) is 18.2 Å². The Balaban J connectivity index is 1.00. The van der Waals surface area contributed by atoms with Crippen LogP contribution in [0.4, 0.5) is 9.59 Å². The van der Waals surface area contributed by atoms with Crippen LogP contribution in [0.5, 0.6) is 40.2 Å². The monoisotopic (exact) mass is 1050 g/mol. The third-order valence-corrected chi connectivity index (χ3v) is 19.0. The second kappa shape index (κ2) is 19.1. The lowest BCUT2D eigenvalue weighted by Crippen LogP contribution is -2.69. The van der Waals surface area contributed by atoms with Crippen molar-refractivity contribution in [3.05, 3.63) is 62.7 Å². The van der Waals surface area contributed by atoms with Crippen molar-refractivity contribution in [2.45, 2.75) is 137 Å². The van der Waals surface area contributed by atoms with Gasteiger partial charge < -0.3 is 53.6 Å². The number of benzene rings is 3. The Bertz CT molecular complexity index is 2890. The van der Waals surface area contributed by atoms with Gasteiger partial charge in [0.15, 0.2) is 40.0 Å². The van der Waals surface area contributed by atoms with Crippen LogP contribution in [-0.4, -0.2) is 133 Å². The number of urea groups is 1. The largest absolute Gasteiger partial charge is 0.514 e. The van der Waals surface area contributed by atoms with Gasteiger partial charge in [0.1, 0.15) is 24.0 Å². The average molecular weight is 1060 g/mol. The predicted molar refractivity (Wildman–Crippen MR) is 271 cm³/mol. The molecule has 4 fully saturated rings. The number of nitrogens with one attached hydrogen (secondary N) is 3. The second-order valence-electron chi connectivity index (χ2n) is 21.4. The molecular weight excluding hydrogens is 993 g/mol. The Morgan fingerprint density at radius 2 is 1.76 bits per heavy atom. The van der Waals surface area contributed by atoms with Crippen LogP contribution in [0, 0.1) is 25.2 Å². The van der Waals surface area contributed by atoms with E-state index in [0.717, 1.165) is 40.8 Å². The number of unbranched alkanes of at least 4 members (excludes halogenated alkanes) is 1. The normalized spacial score (nSPS) is 29.3. The van der Waals surface area contributed by atoms with Gasteiger partial charge in [0.05, 0.1) is 49.7 Å². The van der Waals surface area contributed by atoms with Crippen LogP contribution in [0.1, 0.15) is 108 Å². The minimum atomic E-state index is -1.47. The summed E-state index contributed by atoms with van der Waals surface area (Å²) in [6, 6.07) is 5.12.